The first-order chi connectivity index (χ1) is 19.7. The van der Waals surface area contributed by atoms with Crippen molar-refractivity contribution in [1.29, 1.82) is 0 Å². The summed E-state index contributed by atoms with van der Waals surface area (Å²) >= 11 is 0. The third-order valence-corrected chi connectivity index (χ3v) is 8.35. The molecule has 0 N–H and O–H groups in total. The number of nitrogens with zero attached hydrogens (tertiary/aromatic N) is 10. The summed E-state index contributed by atoms with van der Waals surface area (Å²) in [6.45, 7) is 3.13. The van der Waals surface area contributed by atoms with E-state index in [1.54, 1.807) is 11.6 Å². The fraction of sp³-hybridized carbons (Fsp3) is 0.429. The van der Waals surface area contributed by atoms with Crippen LogP contribution in [0.15, 0.2) is 48.5 Å². The van der Waals surface area contributed by atoms with Gasteiger partial charge < -0.3 is 9.64 Å². The van der Waals surface area contributed by atoms with Crippen molar-refractivity contribution in [2.75, 3.05) is 38.2 Å². The highest BCUT2D eigenvalue weighted by Crippen LogP contribution is 2.37. The fourth-order valence-electron chi connectivity index (χ4n) is 6.27. The number of methoxy groups -OCH3 is 1. The number of hydrogen-bond donors (Lipinski definition) is 0. The molecule has 2 aromatic carbocycles. The zero-order chi connectivity index (χ0) is 27.1. The van der Waals surface area contributed by atoms with Crippen LogP contribution in [-0.2, 0) is 0 Å². The molecular weight excluding hydrogens is 511 g/mol. The Bertz CT molecular complexity index is 1620. The van der Waals surface area contributed by atoms with Crippen LogP contribution in [0.5, 0.6) is 5.75 Å². The van der Waals surface area contributed by atoms with Gasteiger partial charge in [0.2, 0.25) is 0 Å². The molecule has 1 aliphatic carbocycles. The second-order valence-electron chi connectivity index (χ2n) is 10.6. The number of anilines is 1. The highest BCUT2D eigenvalue weighted by atomic mass is 19.1. The Balaban J connectivity index is 1.32. The first kappa shape index (κ1) is 24.8. The molecule has 11 nitrogen and oxygen atoms in total. The number of tetrazole rings is 2. The SMILES string of the molecule is COc1ccc2cc([C@@H](c3nnnn3C3CCCCC3)N3CCN(c4ccc(F)cc4)CC3)c3nnnn3c2c1. The van der Waals surface area contributed by atoms with Crippen LogP contribution < -0.4 is 9.64 Å². The van der Waals surface area contributed by atoms with Crippen LogP contribution in [-0.4, -0.2) is 78.4 Å². The summed E-state index contributed by atoms with van der Waals surface area (Å²) in [5, 5.41) is 27.2. The van der Waals surface area contributed by atoms with Crippen molar-refractivity contribution in [1.82, 2.24) is 45.1 Å². The van der Waals surface area contributed by atoms with Crippen molar-refractivity contribution in [3.8, 4) is 5.75 Å². The Hall–Kier alpha value is -4.19. The quantitative estimate of drug-likeness (QED) is 0.317. The molecule has 40 heavy (non-hydrogen) atoms. The van der Waals surface area contributed by atoms with Gasteiger partial charge in [-0.15, -0.1) is 10.2 Å². The zero-order valence-electron chi connectivity index (χ0n) is 22.4. The average molecular weight is 543 g/mol. The lowest BCUT2D eigenvalue weighted by atomic mass is 9.95. The summed E-state index contributed by atoms with van der Waals surface area (Å²) in [4.78, 5) is 4.71. The van der Waals surface area contributed by atoms with Crippen LogP contribution in [0, 0.1) is 5.82 Å². The van der Waals surface area contributed by atoms with E-state index < -0.39 is 0 Å². The summed E-state index contributed by atoms with van der Waals surface area (Å²) in [6, 6.07) is 14.8. The van der Waals surface area contributed by atoms with Gasteiger partial charge in [0, 0.05) is 48.9 Å². The summed E-state index contributed by atoms with van der Waals surface area (Å²) in [5.74, 6) is 1.34. The smallest absolute Gasteiger partial charge is 0.185 e. The van der Waals surface area contributed by atoms with Gasteiger partial charge in [0.25, 0.3) is 0 Å². The number of rotatable bonds is 6. The van der Waals surface area contributed by atoms with Gasteiger partial charge in [-0.05, 0) is 76.2 Å². The lowest BCUT2D eigenvalue weighted by molar-refractivity contribution is 0.194. The predicted octanol–water partition coefficient (Wildman–Crippen LogP) is 3.83. The van der Waals surface area contributed by atoms with Gasteiger partial charge in [-0.3, -0.25) is 4.90 Å². The van der Waals surface area contributed by atoms with E-state index in [4.69, 9.17) is 4.74 Å². The molecule has 1 saturated heterocycles. The number of halogens is 1. The number of pyridine rings is 1. The van der Waals surface area contributed by atoms with Gasteiger partial charge in [0.05, 0.1) is 18.7 Å². The van der Waals surface area contributed by atoms with Crippen molar-refractivity contribution in [2.24, 2.45) is 0 Å². The fourth-order valence-corrected chi connectivity index (χ4v) is 6.27. The molecule has 0 unspecified atom stereocenters. The highest BCUT2D eigenvalue weighted by molar-refractivity contribution is 5.84. The second-order valence-corrected chi connectivity index (χ2v) is 10.6. The molecule has 0 amide bonds. The van der Waals surface area contributed by atoms with E-state index in [2.05, 4.69) is 51.6 Å². The molecule has 5 aromatic rings. The molecule has 206 valence electrons. The van der Waals surface area contributed by atoms with Crippen LogP contribution >= 0.6 is 0 Å². The molecule has 1 atom stereocenters. The molecular formula is C28H31FN10O. The van der Waals surface area contributed by atoms with E-state index in [9.17, 15) is 4.39 Å². The highest BCUT2D eigenvalue weighted by Gasteiger charge is 2.35. The Kier molecular flexibility index (Phi) is 6.46. The van der Waals surface area contributed by atoms with Crippen LogP contribution in [0.4, 0.5) is 10.1 Å². The van der Waals surface area contributed by atoms with Crippen molar-refractivity contribution in [3.05, 3.63) is 65.7 Å². The normalized spacial score (nSPS) is 18.0. The van der Waals surface area contributed by atoms with E-state index in [-0.39, 0.29) is 17.9 Å². The molecule has 0 spiro atoms. The van der Waals surface area contributed by atoms with E-state index in [1.807, 2.05) is 30.3 Å². The number of fused-ring (bicyclic) bond motifs is 3. The third kappa shape index (κ3) is 4.41. The van der Waals surface area contributed by atoms with E-state index >= 15 is 0 Å². The molecule has 4 heterocycles. The van der Waals surface area contributed by atoms with Crippen LogP contribution in [0.25, 0.3) is 16.6 Å². The van der Waals surface area contributed by atoms with Gasteiger partial charge in [0.15, 0.2) is 11.5 Å². The van der Waals surface area contributed by atoms with Crippen molar-refractivity contribution < 1.29 is 9.13 Å². The Morgan fingerprint density at radius 3 is 2.42 bits per heavy atom. The first-order valence-corrected chi connectivity index (χ1v) is 13.9. The monoisotopic (exact) mass is 542 g/mol. The number of piperazine rings is 1. The third-order valence-electron chi connectivity index (χ3n) is 8.35. The summed E-state index contributed by atoms with van der Waals surface area (Å²) in [7, 11) is 1.65. The van der Waals surface area contributed by atoms with E-state index in [0.717, 1.165) is 72.7 Å². The van der Waals surface area contributed by atoms with Crippen molar-refractivity contribution in [2.45, 2.75) is 44.2 Å². The lowest BCUT2D eigenvalue weighted by Crippen LogP contribution is -2.48. The van der Waals surface area contributed by atoms with Gasteiger partial charge >= 0.3 is 0 Å². The van der Waals surface area contributed by atoms with Gasteiger partial charge in [0.1, 0.15) is 17.6 Å². The molecule has 0 radical (unpaired) electrons. The maximum Gasteiger partial charge on any atom is 0.185 e. The minimum Gasteiger partial charge on any atom is -0.497 e. The molecule has 0 bridgehead atoms. The van der Waals surface area contributed by atoms with Crippen molar-refractivity contribution in [3.63, 3.8) is 0 Å². The number of hydrogen-bond acceptors (Lipinski definition) is 9. The largest absolute Gasteiger partial charge is 0.497 e. The van der Waals surface area contributed by atoms with Crippen molar-refractivity contribution >= 4 is 22.2 Å². The topological polar surface area (TPSA) is 102 Å². The van der Waals surface area contributed by atoms with Crippen LogP contribution in [0.2, 0.25) is 0 Å². The van der Waals surface area contributed by atoms with E-state index in [0.29, 0.717) is 5.65 Å². The summed E-state index contributed by atoms with van der Waals surface area (Å²) in [5.41, 5.74) is 3.53. The summed E-state index contributed by atoms with van der Waals surface area (Å²) < 4.78 is 22.8. The maximum atomic E-state index is 13.5. The predicted molar refractivity (Wildman–Crippen MR) is 147 cm³/mol. The summed E-state index contributed by atoms with van der Waals surface area (Å²) in [6.07, 6.45) is 5.76. The average Bonchev–Trinajstić information content (AvgIpc) is 3.69. The molecule has 3 aromatic heterocycles. The minimum atomic E-state index is -0.243. The zero-order valence-corrected chi connectivity index (χ0v) is 22.4. The molecule has 1 aliphatic heterocycles. The van der Waals surface area contributed by atoms with Crippen LogP contribution in [0.1, 0.15) is 55.6 Å². The van der Waals surface area contributed by atoms with Gasteiger partial charge in [-0.25, -0.2) is 9.07 Å². The van der Waals surface area contributed by atoms with E-state index in [1.165, 1.54) is 31.4 Å². The van der Waals surface area contributed by atoms with Crippen LogP contribution in [0.3, 0.4) is 0 Å². The number of aromatic nitrogens is 8. The molecule has 2 aliphatic rings. The second kappa shape index (κ2) is 10.4. The first-order valence-electron chi connectivity index (χ1n) is 13.9. The lowest BCUT2D eigenvalue weighted by Gasteiger charge is -2.40. The Labute approximate surface area is 230 Å². The Morgan fingerprint density at radius 2 is 1.65 bits per heavy atom. The maximum absolute atomic E-state index is 13.5. The molecule has 12 heteroatoms. The minimum absolute atomic E-state index is 0.225. The number of benzene rings is 2. The number of ether oxygens (including phenoxy) is 1. The Morgan fingerprint density at radius 1 is 0.875 bits per heavy atom. The molecule has 2 fully saturated rings. The molecule has 7 rings (SSSR count). The van der Waals surface area contributed by atoms with Gasteiger partial charge in [-0.2, -0.15) is 4.52 Å². The molecule has 1 saturated carbocycles. The standard InChI is InChI=1S/C28H31FN10O/c1-40-23-12-7-19-17-24(27-30-32-35-39(27)25(19)18-23)26(28-31-33-34-38(28)22-5-3-2-4-6-22)37-15-13-36(14-16-37)21-10-8-20(29)9-11-21/h7-12,17-18,22,26H,2-6,13-16H2,1H3/t26-/m0/s1. The van der Waals surface area contributed by atoms with Gasteiger partial charge in [-0.1, -0.05) is 19.3 Å².